The average molecular weight is 576 g/mol. The summed E-state index contributed by atoms with van der Waals surface area (Å²) < 4.78 is 30.9. The van der Waals surface area contributed by atoms with Gasteiger partial charge in [0.25, 0.3) is 0 Å². The predicted molar refractivity (Wildman–Crippen MR) is 151 cm³/mol. The summed E-state index contributed by atoms with van der Waals surface area (Å²) in [5, 5.41) is 18.2. The molecule has 1 amide bonds. The maximum Gasteiger partial charge on any atom is 0.407 e. The minimum absolute atomic E-state index is 0.0573. The fourth-order valence-corrected chi connectivity index (χ4v) is 6.54. The number of halogens is 1. The minimum atomic E-state index is -0.787. The van der Waals surface area contributed by atoms with Gasteiger partial charge in [-0.25, -0.2) is 14.6 Å². The number of ether oxygens (including phenoxy) is 2. The summed E-state index contributed by atoms with van der Waals surface area (Å²) >= 11 is 0. The molecule has 2 aliphatic heterocycles. The van der Waals surface area contributed by atoms with Gasteiger partial charge in [-0.3, -0.25) is 13.8 Å². The Morgan fingerprint density at radius 3 is 2.74 bits per heavy atom. The van der Waals surface area contributed by atoms with Crippen molar-refractivity contribution in [2.45, 2.75) is 43.6 Å². The van der Waals surface area contributed by atoms with Gasteiger partial charge in [0.2, 0.25) is 5.95 Å². The number of pyridine rings is 1. The van der Waals surface area contributed by atoms with Gasteiger partial charge in [-0.2, -0.15) is 4.39 Å². The molecule has 6 heterocycles. The molecule has 8 rings (SSSR count). The molecule has 1 saturated carbocycles. The van der Waals surface area contributed by atoms with E-state index in [-0.39, 0.29) is 23.9 Å². The lowest BCUT2D eigenvalue weighted by atomic mass is 9.97. The van der Waals surface area contributed by atoms with E-state index in [2.05, 4.69) is 20.4 Å². The van der Waals surface area contributed by atoms with Crippen LogP contribution in [0.3, 0.4) is 0 Å². The molecule has 0 spiro atoms. The maximum atomic E-state index is 15.1. The predicted octanol–water partition coefficient (Wildman–Crippen LogP) is 2.78. The number of carbonyl (C=O) groups excluding carboxylic acids is 1. The van der Waals surface area contributed by atoms with E-state index in [4.69, 9.17) is 9.47 Å². The van der Waals surface area contributed by atoms with Crippen LogP contribution in [0, 0.1) is 5.95 Å². The highest BCUT2D eigenvalue weighted by atomic mass is 19.1. The number of aryl methyl sites for hydroxylation is 2. The number of alkyl carbamates (subject to hydrolysis) is 1. The second-order valence-corrected chi connectivity index (χ2v) is 11.1. The molecule has 3 N–H and O–H groups in total. The number of methoxy groups -OCH3 is 1. The number of hydrogen-bond acceptors (Lipinski definition) is 7. The molecule has 42 heavy (non-hydrogen) atoms. The van der Waals surface area contributed by atoms with E-state index < -0.39 is 30.3 Å². The first-order valence-corrected chi connectivity index (χ1v) is 13.8. The second kappa shape index (κ2) is 9.81. The Labute approximate surface area is 238 Å². The highest BCUT2D eigenvalue weighted by Gasteiger charge is 2.40. The van der Waals surface area contributed by atoms with E-state index in [1.807, 2.05) is 24.3 Å². The van der Waals surface area contributed by atoms with Gasteiger partial charge < -0.3 is 24.9 Å². The lowest BCUT2D eigenvalue weighted by Crippen LogP contribution is -2.42. The Morgan fingerprint density at radius 2 is 2.02 bits per heavy atom. The zero-order valence-electron chi connectivity index (χ0n) is 23.3. The van der Waals surface area contributed by atoms with Crippen LogP contribution in [-0.4, -0.2) is 72.0 Å². The number of aliphatic hydroxyl groups is 1. The monoisotopic (exact) mass is 575 g/mol. The Morgan fingerprint density at radius 1 is 1.24 bits per heavy atom. The smallest absolute Gasteiger partial charge is 0.407 e. The molecule has 3 aliphatic rings. The Hall–Kier alpha value is -4.49. The van der Waals surface area contributed by atoms with Gasteiger partial charge in [-0.05, 0) is 24.0 Å². The summed E-state index contributed by atoms with van der Waals surface area (Å²) in [5.74, 6) is -0.634. The number of nitrogens with one attached hydrogen (secondary N) is 2. The normalized spacial score (nSPS) is 22.1. The zero-order chi connectivity index (χ0) is 29.3. The summed E-state index contributed by atoms with van der Waals surface area (Å²) in [4.78, 5) is 34.1. The highest BCUT2D eigenvalue weighted by Crippen LogP contribution is 2.43. The van der Waals surface area contributed by atoms with Crippen LogP contribution in [0.4, 0.5) is 9.18 Å². The number of amides is 1. The molecule has 5 aromatic rings. The van der Waals surface area contributed by atoms with E-state index in [1.165, 1.54) is 11.8 Å². The largest absolute Gasteiger partial charge is 0.453 e. The number of aromatic nitrogens is 6. The fourth-order valence-electron chi connectivity index (χ4n) is 6.54. The van der Waals surface area contributed by atoms with Crippen LogP contribution in [0.1, 0.15) is 24.4 Å². The molecule has 1 fully saturated rings. The third kappa shape index (κ3) is 4.10. The van der Waals surface area contributed by atoms with Gasteiger partial charge in [-0.1, -0.05) is 24.3 Å². The summed E-state index contributed by atoms with van der Waals surface area (Å²) in [7, 11) is 4.64. The molecule has 12 nitrogen and oxygen atoms in total. The van der Waals surface area contributed by atoms with E-state index >= 15 is 4.39 Å². The highest BCUT2D eigenvalue weighted by molar-refractivity contribution is 6.14. The van der Waals surface area contributed by atoms with Crippen molar-refractivity contribution in [2.75, 3.05) is 13.7 Å². The van der Waals surface area contributed by atoms with E-state index in [1.54, 1.807) is 35.6 Å². The van der Waals surface area contributed by atoms with Crippen LogP contribution in [0.2, 0.25) is 0 Å². The molecule has 13 heteroatoms. The van der Waals surface area contributed by atoms with Crippen LogP contribution in [0.15, 0.2) is 41.5 Å². The molecular weight excluding hydrogens is 545 g/mol. The minimum Gasteiger partial charge on any atom is -0.453 e. The van der Waals surface area contributed by atoms with Gasteiger partial charge in [0.05, 0.1) is 65.8 Å². The fraction of sp³-hybridized carbons (Fsp3) is 0.379. The first-order valence-electron chi connectivity index (χ1n) is 13.8. The summed E-state index contributed by atoms with van der Waals surface area (Å²) in [6, 6.07) is 6.88. The standard InChI is InChI=1S/C29H30FN7O5/c1-35-12-18(26(30)34-35)24-22-15-6-4-14(5-7-15)8-17(38)13-42-21-10-16(9-19(21)32-28(39)41-3)37-25-20(36(2)29(37)40)11-31-27(33-24)23(22)25/h4-7,11-12,16-17,19,21,38H,8-10,13H2,1-3H3,(H,31,33)(H,32,39)/t16-,17-,19-,21+/m0/s1. The Bertz CT molecular complexity index is 1900. The Kier molecular flexibility index (Phi) is 6.17. The molecule has 0 radical (unpaired) electrons. The zero-order valence-corrected chi connectivity index (χ0v) is 23.3. The summed E-state index contributed by atoms with van der Waals surface area (Å²) in [5.41, 5.74) is 4.65. The van der Waals surface area contributed by atoms with Crippen molar-refractivity contribution in [3.05, 3.63) is 58.7 Å². The van der Waals surface area contributed by atoms with Crippen molar-refractivity contribution in [1.82, 2.24) is 34.2 Å². The van der Waals surface area contributed by atoms with Gasteiger partial charge in [0, 0.05) is 38.3 Å². The number of aromatic amines is 1. The maximum absolute atomic E-state index is 15.1. The molecule has 0 unspecified atom stereocenters. The topological polar surface area (TPSA) is 141 Å². The van der Waals surface area contributed by atoms with Crippen LogP contribution >= 0.6 is 0 Å². The first-order chi connectivity index (χ1) is 20.2. The lowest BCUT2D eigenvalue weighted by molar-refractivity contribution is -0.0168. The number of imidazole rings is 1. The molecule has 4 bridgehead atoms. The summed E-state index contributed by atoms with van der Waals surface area (Å²) in [6.45, 7) is 0.0573. The van der Waals surface area contributed by atoms with Gasteiger partial charge in [0.1, 0.15) is 5.65 Å². The number of carbonyl (C=O) groups is 1. The average Bonchev–Trinajstić information content (AvgIpc) is 3.70. The first kappa shape index (κ1) is 26.4. The summed E-state index contributed by atoms with van der Waals surface area (Å²) in [6.07, 6.45) is 2.56. The number of benzene rings is 1. The van der Waals surface area contributed by atoms with E-state index in [9.17, 15) is 14.7 Å². The number of H-pyrrole nitrogens is 1. The molecule has 218 valence electrons. The molecule has 0 saturated heterocycles. The molecular formula is C29H30FN7O5. The van der Waals surface area contributed by atoms with E-state index in [0.29, 0.717) is 52.6 Å². The third-order valence-electron chi connectivity index (χ3n) is 8.47. The number of hydrogen-bond donors (Lipinski definition) is 3. The van der Waals surface area contributed by atoms with Crippen molar-refractivity contribution >= 4 is 28.2 Å². The van der Waals surface area contributed by atoms with Crippen LogP contribution in [-0.2, 0) is 30.0 Å². The van der Waals surface area contributed by atoms with Crippen molar-refractivity contribution in [3.63, 3.8) is 0 Å². The number of fused-ring (bicyclic) bond motifs is 5. The van der Waals surface area contributed by atoms with Crippen molar-refractivity contribution in [1.29, 1.82) is 0 Å². The van der Waals surface area contributed by atoms with Gasteiger partial charge >= 0.3 is 11.8 Å². The van der Waals surface area contributed by atoms with Crippen LogP contribution < -0.4 is 11.0 Å². The number of nitrogens with zero attached hydrogens (tertiary/aromatic N) is 5. The SMILES string of the molecule is COC(=O)N[C@H]1C[C@H]2C[C@H]1OC[C@@H](O)Cc1ccc(cc1)-c1c(-c3cn(C)nc3F)[nH]c3ncc4c(c13)n2c(=O)n4C. The Balaban J connectivity index is 1.54. The van der Waals surface area contributed by atoms with E-state index in [0.717, 1.165) is 11.1 Å². The van der Waals surface area contributed by atoms with Crippen LogP contribution in [0.5, 0.6) is 0 Å². The van der Waals surface area contributed by atoms with Crippen molar-refractivity contribution < 1.29 is 23.8 Å². The lowest BCUT2D eigenvalue weighted by Gasteiger charge is -2.22. The van der Waals surface area contributed by atoms with Gasteiger partial charge in [-0.15, -0.1) is 5.10 Å². The molecule has 4 atom stereocenters. The molecule has 4 aromatic heterocycles. The second-order valence-electron chi connectivity index (χ2n) is 11.1. The quantitative estimate of drug-likeness (QED) is 0.294. The molecule has 1 aliphatic carbocycles. The van der Waals surface area contributed by atoms with Gasteiger partial charge in [0.15, 0.2) is 0 Å². The number of aliphatic hydroxyl groups excluding tert-OH is 1. The van der Waals surface area contributed by atoms with Crippen molar-refractivity contribution in [3.8, 4) is 22.4 Å². The number of rotatable bonds is 2. The van der Waals surface area contributed by atoms with Crippen molar-refractivity contribution in [2.24, 2.45) is 14.1 Å². The van der Waals surface area contributed by atoms with Crippen LogP contribution in [0.25, 0.3) is 44.5 Å². The third-order valence-corrected chi connectivity index (χ3v) is 8.47. The molecule has 1 aromatic carbocycles.